The lowest BCUT2D eigenvalue weighted by Gasteiger charge is -2.34. The third-order valence-electron chi connectivity index (χ3n) is 5.87. The van der Waals surface area contributed by atoms with Gasteiger partial charge in [0.25, 0.3) is 0 Å². The molecule has 3 aromatic rings. The molecule has 0 aliphatic heterocycles. The second kappa shape index (κ2) is 13.7. The predicted molar refractivity (Wildman–Crippen MR) is 161 cm³/mol. The number of anilines is 1. The maximum atomic E-state index is 14.0. The van der Waals surface area contributed by atoms with Crippen molar-refractivity contribution >= 4 is 66.7 Å². The van der Waals surface area contributed by atoms with Crippen molar-refractivity contribution in [2.75, 3.05) is 17.1 Å². The molecule has 0 spiro atoms. The molecule has 1 N–H and O–H groups in total. The topological polar surface area (TPSA) is 86.8 Å². The van der Waals surface area contributed by atoms with Crippen molar-refractivity contribution in [1.82, 2.24) is 10.2 Å². The molecule has 2 amide bonds. The van der Waals surface area contributed by atoms with E-state index in [0.29, 0.717) is 25.8 Å². The van der Waals surface area contributed by atoms with Gasteiger partial charge in [-0.2, -0.15) is 0 Å². The Morgan fingerprint density at radius 2 is 1.56 bits per heavy atom. The lowest BCUT2D eigenvalue weighted by atomic mass is 10.0. The molecule has 0 saturated heterocycles. The summed E-state index contributed by atoms with van der Waals surface area (Å²) in [5.41, 5.74) is 1.59. The Morgan fingerprint density at radius 1 is 0.949 bits per heavy atom. The van der Waals surface area contributed by atoms with E-state index in [1.807, 2.05) is 44.2 Å². The second-order valence-electron chi connectivity index (χ2n) is 9.34. The molecular formula is C28H30BrCl2N3O4S. The normalized spacial score (nSPS) is 12.2. The van der Waals surface area contributed by atoms with Crippen LogP contribution < -0.4 is 9.62 Å². The van der Waals surface area contributed by atoms with Gasteiger partial charge in [0.2, 0.25) is 21.8 Å². The fraction of sp³-hybridized carbons (Fsp3) is 0.286. The standard InChI is InChI=1S/C28H30BrCl2N3O4S/c1-19(2)32-28(36)26(15-20-9-5-4-6-10-20)33(17-23-24(30)13-8-14-25(23)31)27(35)18-34(39(3,37)38)22-12-7-11-21(29)16-22/h4-14,16,19,26H,15,17-18H2,1-3H3,(H,32,36)/t26-/m1/s1. The highest BCUT2D eigenvalue weighted by Crippen LogP contribution is 2.28. The minimum atomic E-state index is -3.86. The van der Waals surface area contributed by atoms with Crippen molar-refractivity contribution in [3.05, 3.63) is 98.4 Å². The zero-order valence-electron chi connectivity index (χ0n) is 21.8. The largest absolute Gasteiger partial charge is 0.352 e. The quantitative estimate of drug-likeness (QED) is 0.288. The summed E-state index contributed by atoms with van der Waals surface area (Å²) in [7, 11) is -3.86. The number of hydrogen-bond acceptors (Lipinski definition) is 4. The minimum absolute atomic E-state index is 0.101. The first-order valence-electron chi connectivity index (χ1n) is 12.2. The van der Waals surface area contributed by atoms with Gasteiger partial charge in [0.15, 0.2) is 0 Å². The zero-order valence-corrected chi connectivity index (χ0v) is 25.7. The summed E-state index contributed by atoms with van der Waals surface area (Å²) in [5, 5.41) is 3.56. The van der Waals surface area contributed by atoms with E-state index in [0.717, 1.165) is 16.1 Å². The van der Waals surface area contributed by atoms with Gasteiger partial charge in [0.1, 0.15) is 12.6 Å². The first-order valence-corrected chi connectivity index (χ1v) is 15.6. The number of nitrogens with zero attached hydrogens (tertiary/aromatic N) is 2. The highest BCUT2D eigenvalue weighted by molar-refractivity contribution is 9.10. The molecule has 0 saturated carbocycles. The van der Waals surface area contributed by atoms with Crippen LogP contribution >= 0.6 is 39.1 Å². The third kappa shape index (κ3) is 8.70. The van der Waals surface area contributed by atoms with E-state index in [4.69, 9.17) is 23.2 Å². The monoisotopic (exact) mass is 653 g/mol. The minimum Gasteiger partial charge on any atom is -0.352 e. The molecule has 0 fully saturated rings. The molecule has 0 bridgehead atoms. The average Bonchev–Trinajstić information content (AvgIpc) is 2.85. The lowest BCUT2D eigenvalue weighted by molar-refractivity contribution is -0.140. The Morgan fingerprint density at radius 3 is 2.13 bits per heavy atom. The number of benzene rings is 3. The average molecular weight is 655 g/mol. The Kier molecular flexibility index (Phi) is 10.8. The number of halogens is 3. The SMILES string of the molecule is CC(C)NC(=O)[C@@H](Cc1ccccc1)N(Cc1c(Cl)cccc1Cl)C(=O)CN(c1cccc(Br)c1)S(C)(=O)=O. The van der Waals surface area contributed by atoms with Crippen molar-refractivity contribution in [3.8, 4) is 0 Å². The molecule has 0 aliphatic rings. The number of rotatable bonds is 11. The molecule has 0 heterocycles. The number of sulfonamides is 1. The van der Waals surface area contributed by atoms with Gasteiger partial charge in [-0.25, -0.2) is 8.42 Å². The van der Waals surface area contributed by atoms with Gasteiger partial charge in [-0.3, -0.25) is 13.9 Å². The van der Waals surface area contributed by atoms with Gasteiger partial charge >= 0.3 is 0 Å². The van der Waals surface area contributed by atoms with Crippen LogP contribution in [0.1, 0.15) is 25.0 Å². The summed E-state index contributed by atoms with van der Waals surface area (Å²) >= 11 is 16.3. The summed E-state index contributed by atoms with van der Waals surface area (Å²) in [5.74, 6) is -0.963. The van der Waals surface area contributed by atoms with Gasteiger partial charge < -0.3 is 10.2 Å². The van der Waals surface area contributed by atoms with Crippen LogP contribution in [0.3, 0.4) is 0 Å². The van der Waals surface area contributed by atoms with Crippen molar-refractivity contribution < 1.29 is 18.0 Å². The van der Waals surface area contributed by atoms with Gasteiger partial charge in [-0.05, 0) is 49.7 Å². The highest BCUT2D eigenvalue weighted by Gasteiger charge is 2.34. The zero-order chi connectivity index (χ0) is 28.7. The lowest BCUT2D eigenvalue weighted by Crippen LogP contribution is -2.54. The molecule has 3 rings (SSSR count). The van der Waals surface area contributed by atoms with Crippen molar-refractivity contribution in [2.24, 2.45) is 0 Å². The van der Waals surface area contributed by atoms with E-state index in [1.165, 1.54) is 4.90 Å². The molecule has 0 unspecified atom stereocenters. The maximum Gasteiger partial charge on any atom is 0.244 e. The van der Waals surface area contributed by atoms with Gasteiger partial charge in [0.05, 0.1) is 11.9 Å². The van der Waals surface area contributed by atoms with E-state index >= 15 is 0 Å². The van der Waals surface area contributed by atoms with E-state index in [9.17, 15) is 18.0 Å². The van der Waals surface area contributed by atoms with Crippen LogP contribution in [0, 0.1) is 0 Å². The van der Waals surface area contributed by atoms with E-state index in [-0.39, 0.29) is 24.9 Å². The van der Waals surface area contributed by atoms with Crippen LogP contribution in [0.25, 0.3) is 0 Å². The third-order valence-corrected chi connectivity index (χ3v) is 8.21. The molecular weight excluding hydrogens is 625 g/mol. The van der Waals surface area contributed by atoms with Crippen LogP contribution in [-0.2, 0) is 32.6 Å². The van der Waals surface area contributed by atoms with E-state index < -0.39 is 28.5 Å². The Labute approximate surface area is 248 Å². The molecule has 208 valence electrons. The van der Waals surface area contributed by atoms with Crippen LogP contribution in [0.4, 0.5) is 5.69 Å². The molecule has 1 atom stereocenters. The first-order chi connectivity index (χ1) is 18.4. The van der Waals surface area contributed by atoms with Crippen molar-refractivity contribution in [1.29, 1.82) is 0 Å². The van der Waals surface area contributed by atoms with Crippen molar-refractivity contribution in [3.63, 3.8) is 0 Å². The van der Waals surface area contributed by atoms with Gasteiger partial charge in [-0.1, -0.05) is 81.6 Å². The molecule has 0 aliphatic carbocycles. The van der Waals surface area contributed by atoms with E-state index in [1.54, 1.807) is 42.5 Å². The highest BCUT2D eigenvalue weighted by atomic mass is 79.9. The predicted octanol–water partition coefficient (Wildman–Crippen LogP) is 5.69. The number of nitrogens with one attached hydrogen (secondary N) is 1. The molecule has 3 aromatic carbocycles. The Hall–Kier alpha value is -2.59. The molecule has 0 aromatic heterocycles. The summed E-state index contributed by atoms with van der Waals surface area (Å²) in [4.78, 5) is 29.0. The van der Waals surface area contributed by atoms with Crippen LogP contribution in [0.5, 0.6) is 0 Å². The smallest absolute Gasteiger partial charge is 0.244 e. The fourth-order valence-corrected chi connectivity index (χ4v) is 5.78. The number of hydrogen-bond donors (Lipinski definition) is 1. The molecule has 7 nitrogen and oxygen atoms in total. The molecule has 0 radical (unpaired) electrons. The Bertz CT molecular complexity index is 1400. The summed E-state index contributed by atoms with van der Waals surface area (Å²) in [6, 6.07) is 19.8. The number of carbonyl (C=O) groups excluding carboxylic acids is 2. The number of carbonyl (C=O) groups is 2. The van der Waals surface area contributed by atoms with Crippen LogP contribution in [-0.4, -0.2) is 50.0 Å². The van der Waals surface area contributed by atoms with Gasteiger partial charge in [-0.15, -0.1) is 0 Å². The second-order valence-corrected chi connectivity index (χ2v) is 13.0. The number of amides is 2. The summed E-state index contributed by atoms with van der Waals surface area (Å²) in [6.45, 7) is 3.02. The van der Waals surface area contributed by atoms with Crippen molar-refractivity contribution in [2.45, 2.75) is 38.9 Å². The summed E-state index contributed by atoms with van der Waals surface area (Å²) in [6.07, 6.45) is 1.23. The first kappa shape index (κ1) is 30.9. The van der Waals surface area contributed by atoms with Crippen LogP contribution in [0.2, 0.25) is 10.0 Å². The van der Waals surface area contributed by atoms with E-state index in [2.05, 4.69) is 21.2 Å². The fourth-order valence-electron chi connectivity index (χ4n) is 4.03. The molecule has 39 heavy (non-hydrogen) atoms. The van der Waals surface area contributed by atoms with Gasteiger partial charge in [0, 0.05) is 39.1 Å². The molecule has 11 heteroatoms. The summed E-state index contributed by atoms with van der Waals surface area (Å²) < 4.78 is 27.3. The maximum absolute atomic E-state index is 14.0. The Balaban J connectivity index is 2.10. The van der Waals surface area contributed by atoms with Crippen LogP contribution in [0.15, 0.2) is 77.3 Å².